The summed E-state index contributed by atoms with van der Waals surface area (Å²) in [5.41, 5.74) is 0.718. The van der Waals surface area contributed by atoms with Crippen LogP contribution in [0.15, 0.2) is 54.9 Å². The van der Waals surface area contributed by atoms with Gasteiger partial charge in [0.15, 0.2) is 17.7 Å². The maximum Gasteiger partial charge on any atom is 0.352 e. The van der Waals surface area contributed by atoms with Gasteiger partial charge in [-0.15, -0.1) is 5.10 Å². The molecule has 0 saturated carbocycles. The number of halogens is 1. The van der Waals surface area contributed by atoms with Crippen molar-refractivity contribution < 1.29 is 18.7 Å². The minimum Gasteiger partial charge on any atom is -0.476 e. The summed E-state index contributed by atoms with van der Waals surface area (Å²) in [6.07, 6.45) is 0.492. The van der Waals surface area contributed by atoms with Gasteiger partial charge in [-0.2, -0.15) is 0 Å². The maximum atomic E-state index is 13.5. The van der Waals surface area contributed by atoms with Crippen molar-refractivity contribution in [2.45, 2.75) is 13.0 Å². The van der Waals surface area contributed by atoms with Crippen LogP contribution in [0.1, 0.15) is 6.92 Å². The third-order valence-corrected chi connectivity index (χ3v) is 3.14. The van der Waals surface area contributed by atoms with Crippen molar-refractivity contribution in [3.63, 3.8) is 0 Å². The van der Waals surface area contributed by atoms with E-state index in [0.717, 1.165) is 5.69 Å². The Morgan fingerprint density at radius 2 is 1.92 bits per heavy atom. The highest BCUT2D eigenvalue weighted by molar-refractivity contribution is 5.77. The van der Waals surface area contributed by atoms with Crippen molar-refractivity contribution in [1.82, 2.24) is 20.2 Å². The third-order valence-electron chi connectivity index (χ3n) is 3.14. The number of nitrogens with zero attached hydrogens (tertiary/aromatic N) is 4. The van der Waals surface area contributed by atoms with Gasteiger partial charge in [-0.1, -0.05) is 12.1 Å². The second kappa shape index (κ2) is 6.86. The molecule has 0 bridgehead atoms. The summed E-state index contributed by atoms with van der Waals surface area (Å²) >= 11 is 0. The Hall–Kier alpha value is -3.29. The molecule has 24 heavy (non-hydrogen) atoms. The highest BCUT2D eigenvalue weighted by atomic mass is 19.1. The minimum absolute atomic E-state index is 0.00372. The summed E-state index contributed by atoms with van der Waals surface area (Å²) in [5, 5.41) is 10.8. The molecule has 3 rings (SSSR count). The Morgan fingerprint density at radius 1 is 1.17 bits per heavy atom. The van der Waals surface area contributed by atoms with E-state index in [1.165, 1.54) is 36.1 Å². The predicted molar refractivity (Wildman–Crippen MR) is 81.3 cm³/mol. The fourth-order valence-electron chi connectivity index (χ4n) is 1.92. The van der Waals surface area contributed by atoms with Gasteiger partial charge in [0.2, 0.25) is 0 Å². The molecule has 0 radical (unpaired) electrons. The number of tetrazole rings is 1. The van der Waals surface area contributed by atoms with Gasteiger partial charge >= 0.3 is 5.97 Å². The summed E-state index contributed by atoms with van der Waals surface area (Å²) < 4.78 is 25.5. The van der Waals surface area contributed by atoms with E-state index in [4.69, 9.17) is 9.47 Å². The molecule has 0 spiro atoms. The van der Waals surface area contributed by atoms with Crippen LogP contribution < -0.4 is 9.47 Å². The van der Waals surface area contributed by atoms with E-state index in [-0.39, 0.29) is 5.75 Å². The van der Waals surface area contributed by atoms with Crippen LogP contribution in [0, 0.1) is 5.82 Å². The predicted octanol–water partition coefficient (Wildman–Crippen LogP) is 2.17. The molecule has 1 heterocycles. The SMILES string of the molecule is CC(Oc1ccccc1F)C(=O)Oc1ccc(-n2cnnn2)cc1. The quantitative estimate of drug-likeness (QED) is 0.527. The first-order valence-electron chi connectivity index (χ1n) is 7.10. The molecular weight excluding hydrogens is 315 g/mol. The summed E-state index contributed by atoms with van der Waals surface area (Å²) in [6, 6.07) is 12.5. The zero-order valence-corrected chi connectivity index (χ0v) is 12.7. The molecule has 1 unspecified atom stereocenters. The average Bonchev–Trinajstić information content (AvgIpc) is 3.12. The van der Waals surface area contributed by atoms with Crippen LogP contribution in [-0.4, -0.2) is 32.3 Å². The fraction of sp³-hybridized carbons (Fsp3) is 0.125. The number of aromatic nitrogens is 4. The number of para-hydroxylation sites is 1. The first-order chi connectivity index (χ1) is 11.6. The van der Waals surface area contributed by atoms with Crippen LogP contribution >= 0.6 is 0 Å². The molecule has 0 N–H and O–H groups in total. The zero-order chi connectivity index (χ0) is 16.9. The largest absolute Gasteiger partial charge is 0.476 e. The first kappa shape index (κ1) is 15.6. The van der Waals surface area contributed by atoms with Gasteiger partial charge < -0.3 is 9.47 Å². The third kappa shape index (κ3) is 3.54. The number of carbonyl (C=O) groups is 1. The Labute approximate surface area is 136 Å². The van der Waals surface area contributed by atoms with Gasteiger partial charge in [-0.25, -0.2) is 13.9 Å². The van der Waals surface area contributed by atoms with E-state index in [1.807, 2.05) is 0 Å². The van der Waals surface area contributed by atoms with E-state index < -0.39 is 17.9 Å². The highest BCUT2D eigenvalue weighted by Crippen LogP contribution is 2.19. The summed E-state index contributed by atoms with van der Waals surface area (Å²) in [5.74, 6) is -0.840. The van der Waals surface area contributed by atoms with Crippen LogP contribution in [-0.2, 0) is 4.79 Å². The first-order valence-corrected chi connectivity index (χ1v) is 7.10. The van der Waals surface area contributed by atoms with Crippen molar-refractivity contribution in [2.75, 3.05) is 0 Å². The molecule has 2 aromatic carbocycles. The maximum absolute atomic E-state index is 13.5. The normalized spacial score (nSPS) is 11.8. The average molecular weight is 328 g/mol. The Bertz CT molecular complexity index is 822. The molecule has 1 atom stereocenters. The molecule has 0 amide bonds. The molecule has 0 fully saturated rings. The van der Waals surface area contributed by atoms with Crippen LogP contribution in [0.5, 0.6) is 11.5 Å². The minimum atomic E-state index is -0.957. The number of benzene rings is 2. The number of ether oxygens (including phenoxy) is 2. The topological polar surface area (TPSA) is 79.1 Å². The number of carbonyl (C=O) groups excluding carboxylic acids is 1. The molecule has 7 nitrogen and oxygen atoms in total. The lowest BCUT2D eigenvalue weighted by atomic mass is 10.3. The zero-order valence-electron chi connectivity index (χ0n) is 12.7. The summed E-state index contributed by atoms with van der Waals surface area (Å²) in [7, 11) is 0. The number of hydrogen-bond acceptors (Lipinski definition) is 6. The van der Waals surface area contributed by atoms with Gasteiger partial charge in [0.05, 0.1) is 5.69 Å². The second-order valence-corrected chi connectivity index (χ2v) is 4.86. The van der Waals surface area contributed by atoms with Gasteiger partial charge in [0, 0.05) is 0 Å². The summed E-state index contributed by atoms with van der Waals surface area (Å²) in [4.78, 5) is 12.0. The van der Waals surface area contributed by atoms with Gasteiger partial charge in [0.1, 0.15) is 12.1 Å². The van der Waals surface area contributed by atoms with E-state index in [9.17, 15) is 9.18 Å². The molecule has 0 aliphatic heterocycles. The summed E-state index contributed by atoms with van der Waals surface area (Å²) in [6.45, 7) is 1.49. The van der Waals surface area contributed by atoms with E-state index in [1.54, 1.807) is 30.3 Å². The van der Waals surface area contributed by atoms with Crippen LogP contribution in [0.2, 0.25) is 0 Å². The van der Waals surface area contributed by atoms with Gasteiger partial charge in [-0.05, 0) is 53.7 Å². The second-order valence-electron chi connectivity index (χ2n) is 4.86. The molecule has 122 valence electrons. The van der Waals surface area contributed by atoms with Gasteiger partial charge in [0.25, 0.3) is 0 Å². The number of esters is 1. The van der Waals surface area contributed by atoms with Crippen LogP contribution in [0.3, 0.4) is 0 Å². The monoisotopic (exact) mass is 328 g/mol. The molecular formula is C16H13FN4O3. The van der Waals surface area contributed by atoms with Crippen molar-refractivity contribution >= 4 is 5.97 Å². The Balaban J connectivity index is 1.63. The highest BCUT2D eigenvalue weighted by Gasteiger charge is 2.18. The van der Waals surface area contributed by atoms with Crippen molar-refractivity contribution in [1.29, 1.82) is 0 Å². The van der Waals surface area contributed by atoms with Crippen LogP contribution in [0.4, 0.5) is 4.39 Å². The van der Waals surface area contributed by atoms with Crippen LogP contribution in [0.25, 0.3) is 5.69 Å². The fourth-order valence-corrected chi connectivity index (χ4v) is 1.92. The lowest BCUT2D eigenvalue weighted by Crippen LogP contribution is -2.28. The molecule has 8 heteroatoms. The lowest BCUT2D eigenvalue weighted by Gasteiger charge is -2.14. The number of rotatable bonds is 5. The molecule has 0 aliphatic carbocycles. The van der Waals surface area contributed by atoms with Crippen molar-refractivity contribution in [2.24, 2.45) is 0 Å². The van der Waals surface area contributed by atoms with Crippen molar-refractivity contribution in [3.05, 3.63) is 60.7 Å². The number of hydrogen-bond donors (Lipinski definition) is 0. The smallest absolute Gasteiger partial charge is 0.352 e. The van der Waals surface area contributed by atoms with Crippen molar-refractivity contribution in [3.8, 4) is 17.2 Å². The van der Waals surface area contributed by atoms with E-state index >= 15 is 0 Å². The molecule has 1 aromatic heterocycles. The standard InChI is InChI=1S/C16H13FN4O3/c1-11(23-15-5-3-2-4-14(15)17)16(22)24-13-8-6-12(7-9-13)21-10-18-19-20-21/h2-11H,1H3. The van der Waals surface area contributed by atoms with E-state index in [2.05, 4.69) is 15.5 Å². The molecule has 0 saturated heterocycles. The Kier molecular flexibility index (Phi) is 4.46. The molecule has 3 aromatic rings. The Morgan fingerprint density at radius 3 is 2.58 bits per heavy atom. The van der Waals surface area contributed by atoms with E-state index in [0.29, 0.717) is 5.75 Å². The van der Waals surface area contributed by atoms with Gasteiger partial charge in [-0.3, -0.25) is 0 Å². The lowest BCUT2D eigenvalue weighted by molar-refractivity contribution is -0.141. The molecule has 0 aliphatic rings.